The fourth-order valence-electron chi connectivity index (χ4n) is 3.48. The molecule has 2 amide bonds. The first kappa shape index (κ1) is 24.7. The van der Waals surface area contributed by atoms with Crippen LogP contribution in [0.25, 0.3) is 10.1 Å². The standard InChI is InChI=1S/C26H22ClN3O3S2/c1-33-17-11-12-19-21(15-17)35-23(22(19)27)25(32)30-26(34)29-20-10-6-5-9-18(20)24(31)28-14-13-16-7-3-2-4-8-16/h2-12,15H,13-14H2,1H3,(H,28,31)(H2,29,30,32,34). The minimum Gasteiger partial charge on any atom is -0.497 e. The first-order valence-electron chi connectivity index (χ1n) is 10.8. The summed E-state index contributed by atoms with van der Waals surface area (Å²) >= 11 is 13.0. The number of methoxy groups -OCH3 is 1. The molecule has 0 atom stereocenters. The Balaban J connectivity index is 1.40. The number of benzene rings is 3. The van der Waals surface area contributed by atoms with E-state index in [9.17, 15) is 9.59 Å². The van der Waals surface area contributed by atoms with Gasteiger partial charge in [-0.15, -0.1) is 11.3 Å². The summed E-state index contributed by atoms with van der Waals surface area (Å²) in [6, 6.07) is 22.3. The Hall–Kier alpha value is -3.46. The van der Waals surface area contributed by atoms with E-state index < -0.39 is 5.91 Å². The number of para-hydroxylation sites is 1. The maximum absolute atomic E-state index is 12.9. The van der Waals surface area contributed by atoms with Gasteiger partial charge < -0.3 is 15.4 Å². The maximum Gasteiger partial charge on any atom is 0.269 e. The van der Waals surface area contributed by atoms with Crippen molar-refractivity contribution >= 4 is 67.9 Å². The van der Waals surface area contributed by atoms with Crippen molar-refractivity contribution in [3.63, 3.8) is 0 Å². The molecule has 0 aliphatic carbocycles. The SMILES string of the molecule is COc1ccc2c(Cl)c(C(=O)NC(=S)Nc3ccccc3C(=O)NCCc3ccccc3)sc2c1. The molecular weight excluding hydrogens is 502 g/mol. The molecule has 0 aliphatic heterocycles. The lowest BCUT2D eigenvalue weighted by Crippen LogP contribution is -2.35. The van der Waals surface area contributed by atoms with Crippen LogP contribution in [0.1, 0.15) is 25.6 Å². The van der Waals surface area contributed by atoms with Gasteiger partial charge in [-0.05, 0) is 54.5 Å². The lowest BCUT2D eigenvalue weighted by Gasteiger charge is -2.13. The number of thiocarbonyl (C=S) groups is 1. The molecule has 6 nitrogen and oxygen atoms in total. The Morgan fingerprint density at radius 2 is 1.74 bits per heavy atom. The number of nitrogens with one attached hydrogen (secondary N) is 3. The number of halogens is 1. The van der Waals surface area contributed by atoms with E-state index in [1.807, 2.05) is 42.5 Å². The topological polar surface area (TPSA) is 79.5 Å². The zero-order chi connectivity index (χ0) is 24.8. The van der Waals surface area contributed by atoms with Gasteiger partial charge in [-0.1, -0.05) is 54.1 Å². The molecule has 0 spiro atoms. The Morgan fingerprint density at radius 3 is 2.51 bits per heavy atom. The van der Waals surface area contributed by atoms with Crippen LogP contribution in [-0.2, 0) is 6.42 Å². The van der Waals surface area contributed by atoms with Crippen LogP contribution < -0.4 is 20.7 Å². The van der Waals surface area contributed by atoms with Gasteiger partial charge in [-0.3, -0.25) is 14.9 Å². The third-order valence-corrected chi connectivity index (χ3v) is 7.09. The third-order valence-electron chi connectivity index (χ3n) is 5.23. The maximum atomic E-state index is 12.9. The van der Waals surface area contributed by atoms with Crippen molar-refractivity contribution in [2.75, 3.05) is 19.0 Å². The molecule has 0 saturated carbocycles. The summed E-state index contributed by atoms with van der Waals surface area (Å²) in [6.45, 7) is 0.494. The van der Waals surface area contributed by atoms with E-state index in [1.54, 1.807) is 37.4 Å². The van der Waals surface area contributed by atoms with Crippen LogP contribution in [0.2, 0.25) is 5.02 Å². The molecule has 4 rings (SSSR count). The first-order chi connectivity index (χ1) is 17.0. The fraction of sp³-hybridized carbons (Fsp3) is 0.115. The summed E-state index contributed by atoms with van der Waals surface area (Å²) in [4.78, 5) is 26.0. The molecule has 1 heterocycles. The highest BCUT2D eigenvalue weighted by molar-refractivity contribution is 7.80. The molecule has 3 aromatic carbocycles. The summed E-state index contributed by atoms with van der Waals surface area (Å²) in [5.74, 6) is 0.00957. The Labute approximate surface area is 217 Å². The molecule has 35 heavy (non-hydrogen) atoms. The summed E-state index contributed by atoms with van der Waals surface area (Å²) in [5, 5.41) is 9.70. The average Bonchev–Trinajstić information content (AvgIpc) is 3.20. The summed E-state index contributed by atoms with van der Waals surface area (Å²) < 4.78 is 6.07. The number of carbonyl (C=O) groups excluding carboxylic acids is 2. The number of hydrogen-bond acceptors (Lipinski definition) is 5. The highest BCUT2D eigenvalue weighted by atomic mass is 35.5. The van der Waals surface area contributed by atoms with Crippen molar-refractivity contribution in [2.45, 2.75) is 6.42 Å². The number of thiophene rings is 1. The molecule has 9 heteroatoms. The largest absolute Gasteiger partial charge is 0.497 e. The Kier molecular flexibility index (Phi) is 7.97. The van der Waals surface area contributed by atoms with Crippen molar-refractivity contribution in [1.82, 2.24) is 10.6 Å². The summed E-state index contributed by atoms with van der Waals surface area (Å²) in [5.41, 5.74) is 2.05. The van der Waals surface area contributed by atoms with E-state index in [1.165, 1.54) is 11.3 Å². The smallest absolute Gasteiger partial charge is 0.269 e. The number of carbonyl (C=O) groups is 2. The Bertz CT molecular complexity index is 1390. The second-order valence-electron chi connectivity index (χ2n) is 7.55. The summed E-state index contributed by atoms with van der Waals surface area (Å²) in [7, 11) is 1.58. The van der Waals surface area contributed by atoms with Gasteiger partial charge in [-0.25, -0.2) is 0 Å². The second-order valence-corrected chi connectivity index (χ2v) is 9.39. The van der Waals surface area contributed by atoms with Gasteiger partial charge in [0.15, 0.2) is 5.11 Å². The van der Waals surface area contributed by atoms with Gasteiger partial charge in [0.05, 0.1) is 23.4 Å². The zero-order valence-corrected chi connectivity index (χ0v) is 21.2. The van der Waals surface area contributed by atoms with Crippen LogP contribution in [0, 0.1) is 0 Å². The number of ether oxygens (including phenoxy) is 1. The predicted octanol–water partition coefficient (Wildman–Crippen LogP) is 5.66. The fourth-order valence-corrected chi connectivity index (χ4v) is 5.13. The van der Waals surface area contributed by atoms with E-state index in [-0.39, 0.29) is 11.0 Å². The van der Waals surface area contributed by atoms with Crippen LogP contribution in [0.4, 0.5) is 5.69 Å². The number of hydrogen-bond donors (Lipinski definition) is 3. The molecule has 0 bridgehead atoms. The average molecular weight is 524 g/mol. The van der Waals surface area contributed by atoms with Crippen molar-refractivity contribution in [3.8, 4) is 5.75 Å². The highest BCUT2D eigenvalue weighted by Crippen LogP contribution is 2.37. The quantitative estimate of drug-likeness (QED) is 0.272. The van der Waals surface area contributed by atoms with Gasteiger partial charge in [-0.2, -0.15) is 0 Å². The first-order valence-corrected chi connectivity index (χ1v) is 12.4. The van der Waals surface area contributed by atoms with Gasteiger partial charge >= 0.3 is 0 Å². The minimum absolute atomic E-state index is 0.0608. The lowest BCUT2D eigenvalue weighted by atomic mass is 10.1. The zero-order valence-electron chi connectivity index (χ0n) is 18.8. The van der Waals surface area contributed by atoms with Gasteiger partial charge in [0.25, 0.3) is 11.8 Å². The second kappa shape index (κ2) is 11.3. The molecule has 0 unspecified atom stereocenters. The third kappa shape index (κ3) is 5.97. The molecule has 178 valence electrons. The van der Waals surface area contributed by atoms with Crippen LogP contribution in [-0.4, -0.2) is 30.6 Å². The van der Waals surface area contributed by atoms with Crippen LogP contribution in [0.5, 0.6) is 5.75 Å². The predicted molar refractivity (Wildman–Crippen MR) is 146 cm³/mol. The molecule has 0 fully saturated rings. The van der Waals surface area contributed by atoms with Crippen molar-refractivity contribution in [3.05, 3.63) is 93.8 Å². The van der Waals surface area contributed by atoms with E-state index in [2.05, 4.69) is 16.0 Å². The molecule has 3 N–H and O–H groups in total. The minimum atomic E-state index is -0.433. The lowest BCUT2D eigenvalue weighted by molar-refractivity contribution is 0.0953. The van der Waals surface area contributed by atoms with E-state index in [0.29, 0.717) is 33.4 Å². The van der Waals surface area contributed by atoms with Crippen molar-refractivity contribution < 1.29 is 14.3 Å². The van der Waals surface area contributed by atoms with Crippen molar-refractivity contribution in [2.24, 2.45) is 0 Å². The number of rotatable bonds is 7. The van der Waals surface area contributed by atoms with E-state index >= 15 is 0 Å². The molecule has 0 saturated heterocycles. The molecule has 4 aromatic rings. The van der Waals surface area contributed by atoms with Gasteiger partial charge in [0.2, 0.25) is 0 Å². The normalized spacial score (nSPS) is 10.6. The van der Waals surface area contributed by atoms with Crippen molar-refractivity contribution in [1.29, 1.82) is 0 Å². The van der Waals surface area contributed by atoms with Gasteiger partial charge in [0, 0.05) is 16.6 Å². The van der Waals surface area contributed by atoms with E-state index in [0.717, 1.165) is 22.1 Å². The highest BCUT2D eigenvalue weighted by Gasteiger charge is 2.19. The van der Waals surface area contributed by atoms with Crippen LogP contribution in [0.3, 0.4) is 0 Å². The summed E-state index contributed by atoms with van der Waals surface area (Å²) in [6.07, 6.45) is 0.721. The van der Waals surface area contributed by atoms with E-state index in [4.69, 9.17) is 28.6 Å². The van der Waals surface area contributed by atoms with Crippen LogP contribution >= 0.6 is 35.2 Å². The monoisotopic (exact) mass is 523 g/mol. The number of fused-ring (bicyclic) bond motifs is 1. The molecule has 1 aromatic heterocycles. The molecular formula is C26H22ClN3O3S2. The molecule has 0 radical (unpaired) electrons. The molecule has 0 aliphatic rings. The number of anilines is 1. The number of amides is 2. The van der Waals surface area contributed by atoms with Gasteiger partial charge in [0.1, 0.15) is 10.6 Å². The Morgan fingerprint density at radius 1 is 1.00 bits per heavy atom. The van der Waals surface area contributed by atoms with Crippen LogP contribution in [0.15, 0.2) is 72.8 Å².